The third kappa shape index (κ3) is 0.925. The van der Waals surface area contributed by atoms with Crippen molar-refractivity contribution in [2.75, 3.05) is 0 Å². The van der Waals surface area contributed by atoms with Gasteiger partial charge in [0.25, 0.3) is 0 Å². The van der Waals surface area contributed by atoms with Crippen molar-refractivity contribution in [1.29, 1.82) is 0 Å². The molecular weight excluding hydrogens is 150 g/mol. The fraction of sp³-hybridized carbons (Fsp3) is 0.100. The van der Waals surface area contributed by atoms with Crippen LogP contribution in [0.4, 0.5) is 0 Å². The van der Waals surface area contributed by atoms with E-state index >= 15 is 0 Å². The molecule has 60 valence electrons. The quantitative estimate of drug-likeness (QED) is 0.639. The van der Waals surface area contributed by atoms with Crippen LogP contribution >= 0.6 is 0 Å². The third-order valence-electron chi connectivity index (χ3n) is 1.85. The van der Waals surface area contributed by atoms with Gasteiger partial charge in [0.1, 0.15) is 5.69 Å². The van der Waals surface area contributed by atoms with E-state index in [2.05, 4.69) is 11.7 Å². The van der Waals surface area contributed by atoms with Crippen LogP contribution < -0.4 is 0 Å². The summed E-state index contributed by atoms with van der Waals surface area (Å²) in [4.78, 5) is 0. The summed E-state index contributed by atoms with van der Waals surface area (Å²) >= 11 is 0. The van der Waals surface area contributed by atoms with Crippen molar-refractivity contribution in [3.8, 4) is 0 Å². The number of aromatic nitrogens is 1. The molecule has 0 aliphatic carbocycles. The van der Waals surface area contributed by atoms with Crippen molar-refractivity contribution in [2.24, 2.45) is 0 Å². The van der Waals surface area contributed by atoms with Crippen LogP contribution in [0.1, 0.15) is 11.3 Å². The number of fused-ring (bicyclic) bond motifs is 1. The van der Waals surface area contributed by atoms with E-state index < -0.39 is 0 Å². The van der Waals surface area contributed by atoms with Crippen molar-refractivity contribution in [1.82, 2.24) is 5.16 Å². The highest BCUT2D eigenvalue weighted by Crippen LogP contribution is 2.19. The topological polar surface area (TPSA) is 26.0 Å². The summed E-state index contributed by atoms with van der Waals surface area (Å²) < 4.78 is 5.07. The second kappa shape index (κ2) is 2.48. The molecule has 0 atom stereocenters. The van der Waals surface area contributed by atoms with Crippen LogP contribution in [0.5, 0.6) is 0 Å². The molecule has 0 N–H and O–H groups in total. The van der Waals surface area contributed by atoms with Crippen LogP contribution in [0, 0.1) is 6.92 Å². The maximum atomic E-state index is 5.07. The number of aryl methyl sites for hydroxylation is 1. The first-order valence-electron chi connectivity index (χ1n) is 3.80. The predicted molar refractivity (Wildman–Crippen MR) is 48.8 cm³/mol. The summed E-state index contributed by atoms with van der Waals surface area (Å²) in [5.41, 5.74) is 2.83. The second-order valence-corrected chi connectivity index (χ2v) is 2.77. The van der Waals surface area contributed by atoms with Gasteiger partial charge in [0.15, 0.2) is 5.58 Å². The molecule has 0 aliphatic rings. The zero-order valence-corrected chi connectivity index (χ0v) is 6.87. The Morgan fingerprint density at radius 1 is 1.50 bits per heavy atom. The first kappa shape index (κ1) is 7.10. The molecule has 0 aliphatic heterocycles. The highest BCUT2D eigenvalue weighted by atomic mass is 16.5. The Morgan fingerprint density at radius 2 is 2.33 bits per heavy atom. The van der Waals surface area contributed by atoms with E-state index in [0.717, 1.165) is 16.7 Å². The molecule has 2 aromatic rings. The normalized spacial score (nSPS) is 10.4. The van der Waals surface area contributed by atoms with E-state index in [1.165, 1.54) is 5.56 Å². The molecular formula is C10H9NO. The van der Waals surface area contributed by atoms with Crippen LogP contribution in [0.15, 0.2) is 29.3 Å². The van der Waals surface area contributed by atoms with Gasteiger partial charge in [-0.25, -0.2) is 0 Å². The van der Waals surface area contributed by atoms with Gasteiger partial charge in [-0.1, -0.05) is 23.4 Å². The van der Waals surface area contributed by atoms with E-state index in [9.17, 15) is 0 Å². The van der Waals surface area contributed by atoms with E-state index in [0.29, 0.717) is 0 Å². The van der Waals surface area contributed by atoms with E-state index in [-0.39, 0.29) is 0 Å². The Hall–Kier alpha value is -1.57. The van der Waals surface area contributed by atoms with Gasteiger partial charge in [-0.2, -0.15) is 0 Å². The lowest BCUT2D eigenvalue weighted by molar-refractivity contribution is 0.454. The smallest absolute Gasteiger partial charge is 0.167 e. The van der Waals surface area contributed by atoms with E-state index in [4.69, 9.17) is 4.52 Å². The fourth-order valence-corrected chi connectivity index (χ4v) is 1.22. The predicted octanol–water partition coefficient (Wildman–Crippen LogP) is 2.78. The minimum Gasteiger partial charge on any atom is -0.356 e. The summed E-state index contributed by atoms with van der Waals surface area (Å²) in [7, 11) is 0. The molecule has 1 heterocycles. The fourth-order valence-electron chi connectivity index (χ4n) is 1.22. The van der Waals surface area contributed by atoms with Crippen molar-refractivity contribution in [2.45, 2.75) is 6.92 Å². The first-order valence-corrected chi connectivity index (χ1v) is 3.80. The van der Waals surface area contributed by atoms with Gasteiger partial charge in [-0.15, -0.1) is 0 Å². The summed E-state index contributed by atoms with van der Waals surface area (Å²) in [6.45, 7) is 5.70. The molecule has 2 nitrogen and oxygen atoms in total. The van der Waals surface area contributed by atoms with Crippen molar-refractivity contribution in [3.63, 3.8) is 0 Å². The minimum absolute atomic E-state index is 0.814. The molecule has 12 heavy (non-hydrogen) atoms. The van der Waals surface area contributed by atoms with Crippen molar-refractivity contribution in [3.05, 3.63) is 36.0 Å². The summed E-state index contributed by atoms with van der Waals surface area (Å²) in [5, 5.41) is 4.89. The SMILES string of the molecule is C=Cc1noc2ccc(C)cc12. The maximum Gasteiger partial charge on any atom is 0.167 e. The van der Waals surface area contributed by atoms with Gasteiger partial charge in [0.2, 0.25) is 0 Å². The zero-order valence-electron chi connectivity index (χ0n) is 6.87. The summed E-state index contributed by atoms with van der Waals surface area (Å²) in [6.07, 6.45) is 1.70. The number of rotatable bonds is 1. The number of nitrogens with zero attached hydrogens (tertiary/aromatic N) is 1. The molecule has 2 heteroatoms. The molecule has 0 unspecified atom stereocenters. The Bertz CT molecular complexity index is 428. The Balaban J connectivity index is 2.83. The van der Waals surface area contributed by atoms with Crippen molar-refractivity contribution >= 4 is 17.0 Å². The first-order chi connectivity index (χ1) is 5.81. The molecule has 1 aromatic carbocycles. The average molecular weight is 159 g/mol. The molecule has 1 aromatic heterocycles. The Kier molecular flexibility index (Phi) is 1.47. The van der Waals surface area contributed by atoms with E-state index in [1.54, 1.807) is 6.08 Å². The van der Waals surface area contributed by atoms with Crippen LogP contribution in [0.2, 0.25) is 0 Å². The molecule has 0 amide bonds. The highest BCUT2D eigenvalue weighted by molar-refractivity contribution is 5.85. The zero-order chi connectivity index (χ0) is 8.55. The molecule has 0 saturated carbocycles. The van der Waals surface area contributed by atoms with Gasteiger partial charge < -0.3 is 4.52 Å². The molecule has 0 bridgehead atoms. The Labute approximate surface area is 70.5 Å². The van der Waals surface area contributed by atoms with Crippen LogP contribution in [0.25, 0.3) is 17.0 Å². The monoisotopic (exact) mass is 159 g/mol. The van der Waals surface area contributed by atoms with Gasteiger partial charge in [0.05, 0.1) is 0 Å². The maximum absolute atomic E-state index is 5.07. The lowest BCUT2D eigenvalue weighted by Crippen LogP contribution is -1.72. The molecule has 0 radical (unpaired) electrons. The second-order valence-electron chi connectivity index (χ2n) is 2.77. The summed E-state index contributed by atoms with van der Waals surface area (Å²) in [5.74, 6) is 0. The largest absolute Gasteiger partial charge is 0.356 e. The van der Waals surface area contributed by atoms with Crippen LogP contribution in [-0.4, -0.2) is 5.16 Å². The lowest BCUT2D eigenvalue weighted by Gasteiger charge is -1.89. The molecule has 0 saturated heterocycles. The van der Waals surface area contributed by atoms with Gasteiger partial charge in [-0.3, -0.25) is 0 Å². The number of hydrogen-bond donors (Lipinski definition) is 0. The van der Waals surface area contributed by atoms with Crippen LogP contribution in [0.3, 0.4) is 0 Å². The average Bonchev–Trinajstić information content (AvgIpc) is 2.46. The summed E-state index contributed by atoms with van der Waals surface area (Å²) in [6, 6.07) is 5.97. The number of benzene rings is 1. The third-order valence-corrected chi connectivity index (χ3v) is 1.85. The Morgan fingerprint density at radius 3 is 3.08 bits per heavy atom. The molecule has 0 spiro atoms. The molecule has 0 fully saturated rings. The standard InChI is InChI=1S/C10H9NO/c1-3-9-8-6-7(2)4-5-10(8)12-11-9/h3-6H,1H2,2H3. The lowest BCUT2D eigenvalue weighted by atomic mass is 10.1. The van der Waals surface area contributed by atoms with E-state index in [1.807, 2.05) is 25.1 Å². The van der Waals surface area contributed by atoms with Gasteiger partial charge in [-0.05, 0) is 25.1 Å². The minimum atomic E-state index is 0.814. The van der Waals surface area contributed by atoms with Gasteiger partial charge in [0, 0.05) is 5.39 Å². The molecule has 2 rings (SSSR count). The van der Waals surface area contributed by atoms with Crippen molar-refractivity contribution < 1.29 is 4.52 Å². The van der Waals surface area contributed by atoms with Gasteiger partial charge >= 0.3 is 0 Å². The van der Waals surface area contributed by atoms with Crippen LogP contribution in [-0.2, 0) is 0 Å². The number of hydrogen-bond acceptors (Lipinski definition) is 2. The highest BCUT2D eigenvalue weighted by Gasteiger charge is 2.03.